The van der Waals surface area contributed by atoms with Crippen molar-refractivity contribution < 1.29 is 9.53 Å². The third-order valence-corrected chi connectivity index (χ3v) is 5.07. The Bertz CT molecular complexity index is 1350. The van der Waals surface area contributed by atoms with Crippen molar-refractivity contribution in [2.24, 2.45) is 0 Å². The second-order valence-electron chi connectivity index (χ2n) is 7.32. The number of ether oxygens (including phenoxy) is 1. The molecule has 0 saturated heterocycles. The summed E-state index contributed by atoms with van der Waals surface area (Å²) in [4.78, 5) is 32.2. The van der Waals surface area contributed by atoms with Crippen LogP contribution in [0.1, 0.15) is 47.3 Å². The Labute approximate surface area is 195 Å². The number of amides is 1. The number of nitrogens with zero attached hydrogens (tertiary/aromatic N) is 8. The van der Waals surface area contributed by atoms with Gasteiger partial charge in [-0.25, -0.2) is 19.9 Å². The van der Waals surface area contributed by atoms with E-state index >= 15 is 0 Å². The van der Waals surface area contributed by atoms with Crippen LogP contribution in [0.15, 0.2) is 48.9 Å². The molecule has 0 aliphatic carbocycles. The molecule has 4 rings (SSSR count). The van der Waals surface area contributed by atoms with Gasteiger partial charge in [0.15, 0.2) is 5.65 Å². The summed E-state index contributed by atoms with van der Waals surface area (Å²) < 4.78 is 5.35. The Morgan fingerprint density at radius 2 is 2.00 bits per heavy atom. The lowest BCUT2D eigenvalue weighted by Gasteiger charge is -2.28. The second-order valence-corrected chi connectivity index (χ2v) is 7.32. The summed E-state index contributed by atoms with van der Waals surface area (Å²) in [5.74, 6) is 0.652. The molecule has 0 saturated carbocycles. The quantitative estimate of drug-likeness (QED) is 0.439. The minimum atomic E-state index is -0.475. The summed E-state index contributed by atoms with van der Waals surface area (Å²) in [6, 6.07) is 9.87. The first kappa shape index (κ1) is 22.5. The third-order valence-electron chi connectivity index (χ3n) is 5.07. The minimum absolute atomic E-state index is 0.0899. The molecule has 0 unspecified atom stereocenters. The summed E-state index contributed by atoms with van der Waals surface area (Å²) >= 11 is 0. The van der Waals surface area contributed by atoms with Crippen LogP contribution in [0.25, 0.3) is 11.0 Å². The molecule has 170 valence electrons. The smallest absolute Gasteiger partial charge is 0.256 e. The van der Waals surface area contributed by atoms with E-state index in [1.165, 1.54) is 6.20 Å². The number of carbonyl (C=O) groups excluding carboxylic acids is 1. The van der Waals surface area contributed by atoms with Crippen LogP contribution in [0.5, 0.6) is 5.88 Å². The summed E-state index contributed by atoms with van der Waals surface area (Å²) in [5, 5.41) is 18.0. The van der Waals surface area contributed by atoms with Crippen LogP contribution < -0.4 is 10.5 Å². The summed E-state index contributed by atoms with van der Waals surface area (Å²) in [6.45, 7) is 4.32. The van der Waals surface area contributed by atoms with E-state index in [-0.39, 0.29) is 23.8 Å². The number of pyridine rings is 2. The average Bonchev–Trinajstić information content (AvgIpc) is 2.87. The van der Waals surface area contributed by atoms with E-state index in [1.54, 1.807) is 47.6 Å². The van der Waals surface area contributed by atoms with Gasteiger partial charge in [-0.2, -0.15) is 10.4 Å². The Hall–Kier alpha value is -4.72. The van der Waals surface area contributed by atoms with Crippen molar-refractivity contribution in [3.8, 4) is 11.9 Å². The molecule has 4 heterocycles. The van der Waals surface area contributed by atoms with Crippen molar-refractivity contribution in [1.82, 2.24) is 35.0 Å². The van der Waals surface area contributed by atoms with Crippen LogP contribution in [0.3, 0.4) is 0 Å². The average molecular weight is 455 g/mol. The minimum Gasteiger partial charge on any atom is -0.477 e. The number of aromatic nitrogens is 6. The first-order valence-electron chi connectivity index (χ1n) is 10.5. The number of hydrogen-bond acceptors (Lipinski definition) is 10. The zero-order chi connectivity index (χ0) is 24.1. The first-order valence-corrected chi connectivity index (χ1v) is 10.5. The van der Waals surface area contributed by atoms with Gasteiger partial charge >= 0.3 is 0 Å². The standard InChI is InChI=1S/C23H21N9O2/c1-3-34-19-6-5-18(30-31-19)13-32(14(2)21-26-7-4-8-27-21)23(33)17-10-15-9-16(11-24)20(25)29-22(15)28-12-17/h4-10,12,14H,3,13H2,1-2H3,(H2,25,28,29)/t14-/m1/s1. The Morgan fingerprint density at radius 1 is 1.21 bits per heavy atom. The zero-order valence-corrected chi connectivity index (χ0v) is 18.6. The number of nitriles is 1. The molecule has 0 radical (unpaired) electrons. The Kier molecular flexibility index (Phi) is 6.49. The lowest BCUT2D eigenvalue weighted by Crippen LogP contribution is -2.34. The molecule has 4 aromatic heterocycles. The number of anilines is 1. The van der Waals surface area contributed by atoms with E-state index in [0.717, 1.165) is 0 Å². The van der Waals surface area contributed by atoms with Crippen molar-refractivity contribution in [2.75, 3.05) is 12.3 Å². The molecule has 0 spiro atoms. The third kappa shape index (κ3) is 4.71. The first-order chi connectivity index (χ1) is 16.5. The van der Waals surface area contributed by atoms with E-state index < -0.39 is 6.04 Å². The summed E-state index contributed by atoms with van der Waals surface area (Å²) in [6.07, 6.45) is 4.67. The second kappa shape index (κ2) is 9.83. The number of nitrogens with two attached hydrogens (primary N) is 1. The van der Waals surface area contributed by atoms with Gasteiger partial charge in [0.05, 0.1) is 36.0 Å². The maximum Gasteiger partial charge on any atom is 0.256 e. The van der Waals surface area contributed by atoms with E-state index in [0.29, 0.717) is 40.6 Å². The Morgan fingerprint density at radius 3 is 2.68 bits per heavy atom. The van der Waals surface area contributed by atoms with Crippen LogP contribution in [0.4, 0.5) is 5.82 Å². The van der Waals surface area contributed by atoms with Gasteiger partial charge in [-0.3, -0.25) is 4.79 Å². The topological polar surface area (TPSA) is 157 Å². The molecule has 0 bridgehead atoms. The van der Waals surface area contributed by atoms with Gasteiger partial charge < -0.3 is 15.4 Å². The van der Waals surface area contributed by atoms with Crippen molar-refractivity contribution in [3.05, 3.63) is 71.6 Å². The molecule has 34 heavy (non-hydrogen) atoms. The highest BCUT2D eigenvalue weighted by atomic mass is 16.5. The van der Waals surface area contributed by atoms with Crippen molar-refractivity contribution in [2.45, 2.75) is 26.4 Å². The van der Waals surface area contributed by atoms with Crippen molar-refractivity contribution >= 4 is 22.8 Å². The molecule has 11 heteroatoms. The molecule has 1 atom stereocenters. The van der Waals surface area contributed by atoms with Gasteiger partial charge in [-0.05, 0) is 38.1 Å². The van der Waals surface area contributed by atoms with Crippen LogP contribution in [0, 0.1) is 11.3 Å². The SMILES string of the molecule is CCOc1ccc(CN(C(=O)c2cnc3nc(N)c(C#N)cc3c2)[C@H](C)c2ncccn2)nn1. The zero-order valence-electron chi connectivity index (χ0n) is 18.6. The predicted molar refractivity (Wildman–Crippen MR) is 122 cm³/mol. The van der Waals surface area contributed by atoms with Gasteiger partial charge in [0.1, 0.15) is 17.7 Å². The predicted octanol–water partition coefficient (Wildman–Crippen LogP) is 2.47. The van der Waals surface area contributed by atoms with Gasteiger partial charge in [0.25, 0.3) is 5.91 Å². The van der Waals surface area contributed by atoms with Gasteiger partial charge in [0.2, 0.25) is 5.88 Å². The summed E-state index contributed by atoms with van der Waals surface area (Å²) in [5.41, 5.74) is 7.21. The monoisotopic (exact) mass is 455 g/mol. The molecule has 1 amide bonds. The summed E-state index contributed by atoms with van der Waals surface area (Å²) in [7, 11) is 0. The van der Waals surface area contributed by atoms with Crippen LogP contribution in [0.2, 0.25) is 0 Å². The molecule has 0 aromatic carbocycles. The fourth-order valence-corrected chi connectivity index (χ4v) is 3.33. The largest absolute Gasteiger partial charge is 0.477 e. The highest BCUT2D eigenvalue weighted by Crippen LogP contribution is 2.24. The lowest BCUT2D eigenvalue weighted by molar-refractivity contribution is 0.0662. The van der Waals surface area contributed by atoms with Crippen molar-refractivity contribution in [1.29, 1.82) is 5.26 Å². The number of fused-ring (bicyclic) bond motifs is 1. The van der Waals surface area contributed by atoms with Gasteiger partial charge in [0, 0.05) is 30.0 Å². The normalized spacial score (nSPS) is 11.6. The van der Waals surface area contributed by atoms with Crippen molar-refractivity contribution in [3.63, 3.8) is 0 Å². The number of hydrogen-bond donors (Lipinski definition) is 1. The highest BCUT2D eigenvalue weighted by Gasteiger charge is 2.26. The lowest BCUT2D eigenvalue weighted by atomic mass is 10.1. The van der Waals surface area contributed by atoms with Crippen LogP contribution in [-0.2, 0) is 6.54 Å². The molecular formula is C23H21N9O2. The van der Waals surface area contributed by atoms with Gasteiger partial charge in [-0.15, -0.1) is 5.10 Å². The maximum atomic E-state index is 13.6. The number of carbonyl (C=O) groups is 1. The van der Waals surface area contributed by atoms with Crippen LogP contribution >= 0.6 is 0 Å². The molecule has 4 aromatic rings. The maximum absolute atomic E-state index is 13.6. The van der Waals surface area contributed by atoms with E-state index in [4.69, 9.17) is 10.5 Å². The van der Waals surface area contributed by atoms with E-state index in [2.05, 4.69) is 30.1 Å². The van der Waals surface area contributed by atoms with E-state index in [1.807, 2.05) is 19.9 Å². The molecule has 2 N–H and O–H groups in total. The van der Waals surface area contributed by atoms with E-state index in [9.17, 15) is 10.1 Å². The number of nitrogen functional groups attached to an aromatic ring is 1. The highest BCUT2D eigenvalue weighted by molar-refractivity contribution is 5.97. The van der Waals surface area contributed by atoms with Crippen LogP contribution in [-0.4, -0.2) is 47.5 Å². The Balaban J connectivity index is 1.70. The molecular weight excluding hydrogens is 434 g/mol. The molecule has 11 nitrogen and oxygen atoms in total. The molecule has 0 fully saturated rings. The van der Waals surface area contributed by atoms with Gasteiger partial charge in [-0.1, -0.05) is 0 Å². The fraction of sp³-hybridized carbons (Fsp3) is 0.217. The number of rotatable bonds is 7. The fourth-order valence-electron chi connectivity index (χ4n) is 3.33. The molecule has 0 aliphatic rings. The molecule has 0 aliphatic heterocycles.